The number of nitrogen functional groups attached to an aromatic ring is 1. The Morgan fingerprint density at radius 3 is 2.93 bits per heavy atom. The maximum absolute atomic E-state index is 6.14. The molecule has 8 heteroatoms. The zero-order valence-electron chi connectivity index (χ0n) is 14.8. The molecule has 136 valence electrons. The Labute approximate surface area is 155 Å². The molecule has 8 nitrogen and oxygen atoms in total. The third kappa shape index (κ3) is 2.57. The Bertz CT molecular complexity index is 1120. The Balaban J connectivity index is 1.52. The summed E-state index contributed by atoms with van der Waals surface area (Å²) in [5, 5.41) is 4.39. The standard InChI is InChI=1S/C19H18N6O2/c1-26-14-5-2-4-12-11-24(8-7-13(12)14)16-10-17-21-18(15-6-3-9-27-15)23-25(17)19(20)22-16/h2-6,9-10H,7-8,11H2,1H3,(H2,20,22). The fourth-order valence-corrected chi connectivity index (χ4v) is 3.53. The topological polar surface area (TPSA) is 94.7 Å². The van der Waals surface area contributed by atoms with Crippen molar-refractivity contribution < 1.29 is 9.15 Å². The minimum atomic E-state index is 0.296. The predicted molar refractivity (Wildman–Crippen MR) is 101 cm³/mol. The number of nitrogens with zero attached hydrogens (tertiary/aromatic N) is 5. The highest BCUT2D eigenvalue weighted by molar-refractivity contribution is 5.60. The van der Waals surface area contributed by atoms with Gasteiger partial charge in [0.25, 0.3) is 0 Å². The highest BCUT2D eigenvalue weighted by Gasteiger charge is 2.22. The molecule has 1 aliphatic rings. The van der Waals surface area contributed by atoms with Crippen molar-refractivity contribution >= 4 is 17.4 Å². The molecule has 0 amide bonds. The number of fused-ring (bicyclic) bond motifs is 2. The average molecular weight is 362 g/mol. The van der Waals surface area contributed by atoms with Crippen molar-refractivity contribution in [2.45, 2.75) is 13.0 Å². The molecular formula is C19H18N6O2. The molecule has 0 spiro atoms. The molecule has 0 radical (unpaired) electrons. The lowest BCUT2D eigenvalue weighted by Gasteiger charge is -2.30. The third-order valence-corrected chi connectivity index (χ3v) is 4.84. The van der Waals surface area contributed by atoms with Crippen molar-refractivity contribution in [3.8, 4) is 17.3 Å². The van der Waals surface area contributed by atoms with Crippen molar-refractivity contribution in [3.63, 3.8) is 0 Å². The second-order valence-corrected chi connectivity index (χ2v) is 6.42. The number of ether oxygens (including phenoxy) is 1. The predicted octanol–water partition coefficient (Wildman–Crippen LogP) is 2.54. The molecule has 1 aliphatic heterocycles. The first-order valence-electron chi connectivity index (χ1n) is 8.70. The summed E-state index contributed by atoms with van der Waals surface area (Å²) in [5.41, 5.74) is 9.27. The molecule has 5 rings (SSSR count). The smallest absolute Gasteiger partial charge is 0.225 e. The molecular weight excluding hydrogens is 344 g/mol. The molecule has 0 saturated carbocycles. The van der Waals surface area contributed by atoms with E-state index < -0.39 is 0 Å². The number of methoxy groups -OCH3 is 1. The molecule has 1 aromatic carbocycles. The summed E-state index contributed by atoms with van der Waals surface area (Å²) in [5.74, 6) is 3.10. The fourth-order valence-electron chi connectivity index (χ4n) is 3.53. The van der Waals surface area contributed by atoms with Crippen LogP contribution < -0.4 is 15.4 Å². The number of aromatic nitrogens is 4. The first kappa shape index (κ1) is 15.7. The zero-order chi connectivity index (χ0) is 18.4. The van der Waals surface area contributed by atoms with Gasteiger partial charge < -0.3 is 19.8 Å². The summed E-state index contributed by atoms with van der Waals surface area (Å²) >= 11 is 0. The SMILES string of the molecule is COc1cccc2c1CCN(c1cc3nc(-c4ccco4)nn3c(N)n1)C2. The molecule has 2 N–H and O–H groups in total. The van der Waals surface area contributed by atoms with E-state index in [1.807, 2.05) is 24.3 Å². The van der Waals surface area contributed by atoms with E-state index in [4.69, 9.17) is 14.9 Å². The summed E-state index contributed by atoms with van der Waals surface area (Å²) in [4.78, 5) is 11.3. The largest absolute Gasteiger partial charge is 0.496 e. The van der Waals surface area contributed by atoms with E-state index in [1.165, 1.54) is 15.6 Å². The van der Waals surface area contributed by atoms with Crippen LogP contribution >= 0.6 is 0 Å². The maximum Gasteiger partial charge on any atom is 0.225 e. The van der Waals surface area contributed by atoms with Gasteiger partial charge in [0.05, 0.1) is 13.4 Å². The van der Waals surface area contributed by atoms with Crippen LogP contribution in [0.5, 0.6) is 5.75 Å². The zero-order valence-corrected chi connectivity index (χ0v) is 14.8. The van der Waals surface area contributed by atoms with Crippen LogP contribution in [0.25, 0.3) is 17.2 Å². The molecule has 0 unspecified atom stereocenters. The summed E-state index contributed by atoms with van der Waals surface area (Å²) in [6.45, 7) is 1.57. The van der Waals surface area contributed by atoms with Crippen LogP contribution in [0, 0.1) is 0 Å². The lowest BCUT2D eigenvalue weighted by Crippen LogP contribution is -2.31. The van der Waals surface area contributed by atoms with Crippen LogP contribution in [0.2, 0.25) is 0 Å². The van der Waals surface area contributed by atoms with Gasteiger partial charge in [0.2, 0.25) is 11.8 Å². The van der Waals surface area contributed by atoms with Crippen LogP contribution in [0.3, 0.4) is 0 Å². The summed E-state index contributed by atoms with van der Waals surface area (Å²) in [7, 11) is 1.71. The van der Waals surface area contributed by atoms with Gasteiger partial charge in [-0.1, -0.05) is 12.1 Å². The van der Waals surface area contributed by atoms with Crippen LogP contribution in [-0.2, 0) is 13.0 Å². The highest BCUT2D eigenvalue weighted by atomic mass is 16.5. The average Bonchev–Trinajstić information content (AvgIpc) is 3.36. The van der Waals surface area contributed by atoms with Crippen LogP contribution in [0.4, 0.5) is 11.8 Å². The molecule has 0 saturated heterocycles. The lowest BCUT2D eigenvalue weighted by molar-refractivity contribution is 0.407. The second kappa shape index (κ2) is 6.01. The van der Waals surface area contributed by atoms with Crippen LogP contribution in [0.15, 0.2) is 47.1 Å². The Kier molecular flexibility index (Phi) is 3.49. The van der Waals surface area contributed by atoms with E-state index >= 15 is 0 Å². The van der Waals surface area contributed by atoms with Gasteiger partial charge in [-0.2, -0.15) is 9.50 Å². The quantitative estimate of drug-likeness (QED) is 0.598. The van der Waals surface area contributed by atoms with Gasteiger partial charge in [-0.15, -0.1) is 5.10 Å². The van der Waals surface area contributed by atoms with Crippen LogP contribution in [-0.4, -0.2) is 33.2 Å². The van der Waals surface area contributed by atoms with Gasteiger partial charge in [-0.25, -0.2) is 4.98 Å². The maximum atomic E-state index is 6.14. The van der Waals surface area contributed by atoms with E-state index in [1.54, 1.807) is 19.4 Å². The van der Waals surface area contributed by atoms with E-state index in [9.17, 15) is 0 Å². The fraction of sp³-hybridized carbons (Fsp3) is 0.211. The summed E-state index contributed by atoms with van der Waals surface area (Å²) in [6, 6.07) is 11.7. The number of furan rings is 1. The van der Waals surface area contributed by atoms with Crippen molar-refractivity contribution in [2.24, 2.45) is 0 Å². The van der Waals surface area contributed by atoms with Crippen molar-refractivity contribution in [1.29, 1.82) is 0 Å². The lowest BCUT2D eigenvalue weighted by atomic mass is 9.99. The van der Waals surface area contributed by atoms with Gasteiger partial charge in [-0.3, -0.25) is 0 Å². The van der Waals surface area contributed by atoms with Gasteiger partial charge in [0, 0.05) is 24.7 Å². The molecule has 0 atom stereocenters. The Hall–Kier alpha value is -3.55. The van der Waals surface area contributed by atoms with Gasteiger partial charge in [-0.05, 0) is 30.2 Å². The first-order chi connectivity index (χ1) is 13.2. The van der Waals surface area contributed by atoms with Crippen molar-refractivity contribution in [2.75, 3.05) is 24.3 Å². The Morgan fingerprint density at radius 1 is 1.19 bits per heavy atom. The molecule has 3 aromatic heterocycles. The van der Waals surface area contributed by atoms with Gasteiger partial charge >= 0.3 is 0 Å². The number of benzene rings is 1. The summed E-state index contributed by atoms with van der Waals surface area (Å²) in [6.07, 6.45) is 2.48. The first-order valence-corrected chi connectivity index (χ1v) is 8.70. The highest BCUT2D eigenvalue weighted by Crippen LogP contribution is 2.30. The van der Waals surface area contributed by atoms with Gasteiger partial charge in [0.15, 0.2) is 11.4 Å². The van der Waals surface area contributed by atoms with E-state index in [0.717, 1.165) is 31.1 Å². The van der Waals surface area contributed by atoms with Crippen molar-refractivity contribution in [1.82, 2.24) is 19.6 Å². The molecule has 27 heavy (non-hydrogen) atoms. The number of hydrogen-bond donors (Lipinski definition) is 1. The number of nitrogens with two attached hydrogens (primary N) is 1. The molecule has 0 aliphatic carbocycles. The molecule has 4 heterocycles. The molecule has 4 aromatic rings. The van der Waals surface area contributed by atoms with E-state index in [0.29, 0.717) is 23.2 Å². The molecule has 0 bridgehead atoms. The summed E-state index contributed by atoms with van der Waals surface area (Å²) < 4.78 is 12.4. The number of anilines is 2. The van der Waals surface area contributed by atoms with Crippen LogP contribution in [0.1, 0.15) is 11.1 Å². The van der Waals surface area contributed by atoms with Gasteiger partial charge in [0.1, 0.15) is 11.6 Å². The second-order valence-electron chi connectivity index (χ2n) is 6.42. The third-order valence-electron chi connectivity index (χ3n) is 4.84. The van der Waals surface area contributed by atoms with Crippen molar-refractivity contribution in [3.05, 3.63) is 53.8 Å². The Morgan fingerprint density at radius 2 is 2.11 bits per heavy atom. The minimum absolute atomic E-state index is 0.296. The number of rotatable bonds is 3. The normalized spacial score (nSPS) is 13.7. The number of hydrogen-bond acceptors (Lipinski definition) is 7. The minimum Gasteiger partial charge on any atom is -0.496 e. The van der Waals surface area contributed by atoms with E-state index in [2.05, 4.69) is 26.0 Å². The van der Waals surface area contributed by atoms with E-state index in [-0.39, 0.29) is 0 Å². The monoisotopic (exact) mass is 362 g/mol. The molecule has 0 fully saturated rings.